The Balaban J connectivity index is 2.17. The standard InChI is InChI=1S/C11H12N2O2S/c1-15-10-7-12-3-2-8(10)9(14)6-11-13-4-5-16-11/h2-5,7,9,14H,6H2,1H3. The van der Waals surface area contributed by atoms with Crippen molar-refractivity contribution in [2.24, 2.45) is 0 Å². The fourth-order valence-electron chi connectivity index (χ4n) is 1.47. The predicted octanol–water partition coefficient (Wildman–Crippen LogP) is 1.82. The van der Waals surface area contributed by atoms with Gasteiger partial charge in [-0.1, -0.05) is 0 Å². The van der Waals surface area contributed by atoms with Crippen molar-refractivity contribution in [3.05, 3.63) is 40.6 Å². The zero-order valence-electron chi connectivity index (χ0n) is 8.83. The Hall–Kier alpha value is -1.46. The largest absolute Gasteiger partial charge is 0.495 e. The van der Waals surface area contributed by atoms with Gasteiger partial charge >= 0.3 is 0 Å². The molecule has 0 radical (unpaired) electrons. The Morgan fingerprint density at radius 3 is 3.06 bits per heavy atom. The zero-order chi connectivity index (χ0) is 11.4. The van der Waals surface area contributed by atoms with Crippen LogP contribution < -0.4 is 4.74 Å². The Kier molecular flexibility index (Phi) is 3.48. The average Bonchev–Trinajstić information content (AvgIpc) is 2.81. The Morgan fingerprint density at radius 1 is 1.50 bits per heavy atom. The molecule has 84 valence electrons. The molecule has 1 N–H and O–H groups in total. The maximum Gasteiger partial charge on any atom is 0.142 e. The minimum atomic E-state index is -0.607. The van der Waals surface area contributed by atoms with Gasteiger partial charge < -0.3 is 9.84 Å². The SMILES string of the molecule is COc1cnccc1C(O)Cc1nccs1. The number of aliphatic hydroxyl groups excluding tert-OH is 1. The summed E-state index contributed by atoms with van der Waals surface area (Å²) in [6, 6.07) is 1.76. The maximum absolute atomic E-state index is 10.1. The molecular formula is C11H12N2O2S. The third-order valence-electron chi connectivity index (χ3n) is 2.25. The number of methoxy groups -OCH3 is 1. The molecule has 0 aliphatic heterocycles. The zero-order valence-corrected chi connectivity index (χ0v) is 9.65. The van der Waals surface area contributed by atoms with Gasteiger partial charge in [0.15, 0.2) is 0 Å². The van der Waals surface area contributed by atoms with Crippen LogP contribution in [0.5, 0.6) is 5.75 Å². The first-order chi connectivity index (χ1) is 7.81. The van der Waals surface area contributed by atoms with Gasteiger partial charge in [0, 0.05) is 29.8 Å². The first-order valence-electron chi connectivity index (χ1n) is 4.85. The minimum absolute atomic E-state index is 0.498. The summed E-state index contributed by atoms with van der Waals surface area (Å²) in [5.41, 5.74) is 0.743. The van der Waals surface area contributed by atoms with Gasteiger partial charge in [0.25, 0.3) is 0 Å². The summed E-state index contributed by atoms with van der Waals surface area (Å²) in [6.07, 6.45) is 4.86. The lowest BCUT2D eigenvalue weighted by Gasteiger charge is -2.12. The molecule has 16 heavy (non-hydrogen) atoms. The summed E-state index contributed by atoms with van der Waals surface area (Å²) in [5.74, 6) is 0.603. The number of thiazole rings is 1. The van der Waals surface area contributed by atoms with E-state index in [0.717, 1.165) is 10.6 Å². The summed E-state index contributed by atoms with van der Waals surface area (Å²) < 4.78 is 5.15. The summed E-state index contributed by atoms with van der Waals surface area (Å²) in [4.78, 5) is 8.09. The van der Waals surface area contributed by atoms with Gasteiger partial charge in [0.1, 0.15) is 5.75 Å². The molecule has 0 saturated carbocycles. The van der Waals surface area contributed by atoms with Crippen LogP contribution in [0.25, 0.3) is 0 Å². The summed E-state index contributed by atoms with van der Waals surface area (Å²) in [6.45, 7) is 0. The first kappa shape index (κ1) is 11.0. The number of ether oxygens (including phenoxy) is 1. The molecule has 1 unspecified atom stereocenters. The number of pyridine rings is 1. The van der Waals surface area contributed by atoms with E-state index in [-0.39, 0.29) is 0 Å². The van der Waals surface area contributed by atoms with Gasteiger partial charge in [0.05, 0.1) is 24.4 Å². The van der Waals surface area contributed by atoms with E-state index in [1.165, 1.54) is 11.3 Å². The lowest BCUT2D eigenvalue weighted by molar-refractivity contribution is 0.173. The fourth-order valence-corrected chi connectivity index (χ4v) is 2.12. The van der Waals surface area contributed by atoms with Crippen LogP contribution in [-0.4, -0.2) is 22.2 Å². The Morgan fingerprint density at radius 2 is 2.38 bits per heavy atom. The predicted molar refractivity (Wildman–Crippen MR) is 61.6 cm³/mol. The Labute approximate surface area is 97.6 Å². The smallest absolute Gasteiger partial charge is 0.142 e. The van der Waals surface area contributed by atoms with Crippen LogP contribution in [0.4, 0.5) is 0 Å². The van der Waals surface area contributed by atoms with Gasteiger partial charge in [-0.15, -0.1) is 11.3 Å². The number of hydrogen-bond donors (Lipinski definition) is 1. The van der Waals surface area contributed by atoms with Crippen LogP contribution in [0.1, 0.15) is 16.7 Å². The molecule has 0 aromatic carbocycles. The first-order valence-corrected chi connectivity index (χ1v) is 5.73. The minimum Gasteiger partial charge on any atom is -0.495 e. The average molecular weight is 236 g/mol. The second kappa shape index (κ2) is 5.05. The maximum atomic E-state index is 10.1. The highest BCUT2D eigenvalue weighted by Crippen LogP contribution is 2.26. The van der Waals surface area contributed by atoms with Crippen molar-refractivity contribution >= 4 is 11.3 Å². The van der Waals surface area contributed by atoms with Crippen molar-refractivity contribution < 1.29 is 9.84 Å². The van der Waals surface area contributed by atoms with E-state index in [4.69, 9.17) is 4.74 Å². The van der Waals surface area contributed by atoms with Crippen LogP contribution in [0.15, 0.2) is 30.0 Å². The number of aliphatic hydroxyl groups is 1. The van der Waals surface area contributed by atoms with E-state index in [2.05, 4.69) is 9.97 Å². The molecule has 0 fully saturated rings. The van der Waals surface area contributed by atoms with Crippen LogP contribution in [-0.2, 0) is 6.42 Å². The number of rotatable bonds is 4. The number of nitrogens with zero attached hydrogens (tertiary/aromatic N) is 2. The van der Waals surface area contributed by atoms with E-state index in [1.54, 1.807) is 31.8 Å². The monoisotopic (exact) mass is 236 g/mol. The summed E-state index contributed by atoms with van der Waals surface area (Å²) >= 11 is 1.53. The van der Waals surface area contributed by atoms with Gasteiger partial charge in [-0.3, -0.25) is 4.98 Å². The summed E-state index contributed by atoms with van der Waals surface area (Å²) in [7, 11) is 1.57. The molecule has 0 bridgehead atoms. The normalized spacial score (nSPS) is 12.4. The highest BCUT2D eigenvalue weighted by atomic mass is 32.1. The second-order valence-electron chi connectivity index (χ2n) is 3.26. The highest BCUT2D eigenvalue weighted by Gasteiger charge is 2.14. The lowest BCUT2D eigenvalue weighted by Crippen LogP contribution is -2.04. The molecule has 5 heteroatoms. The highest BCUT2D eigenvalue weighted by molar-refractivity contribution is 7.09. The van der Waals surface area contributed by atoms with Crippen LogP contribution >= 0.6 is 11.3 Å². The molecule has 0 aliphatic carbocycles. The third kappa shape index (κ3) is 2.37. The number of hydrogen-bond acceptors (Lipinski definition) is 5. The van der Waals surface area contributed by atoms with E-state index < -0.39 is 6.10 Å². The third-order valence-corrected chi connectivity index (χ3v) is 3.05. The van der Waals surface area contributed by atoms with Gasteiger partial charge in [0.2, 0.25) is 0 Å². The van der Waals surface area contributed by atoms with Crippen molar-refractivity contribution in [1.82, 2.24) is 9.97 Å². The molecule has 0 amide bonds. The van der Waals surface area contributed by atoms with Crippen molar-refractivity contribution in [3.8, 4) is 5.75 Å². The van der Waals surface area contributed by atoms with Gasteiger partial charge in [-0.05, 0) is 6.07 Å². The van der Waals surface area contributed by atoms with Crippen molar-refractivity contribution in [1.29, 1.82) is 0 Å². The van der Waals surface area contributed by atoms with Gasteiger partial charge in [-0.25, -0.2) is 4.98 Å². The molecule has 2 aromatic rings. The van der Waals surface area contributed by atoms with Crippen molar-refractivity contribution in [3.63, 3.8) is 0 Å². The molecule has 0 aliphatic rings. The topological polar surface area (TPSA) is 55.2 Å². The quantitative estimate of drug-likeness (QED) is 0.879. The van der Waals surface area contributed by atoms with E-state index in [0.29, 0.717) is 12.2 Å². The second-order valence-corrected chi connectivity index (χ2v) is 4.24. The van der Waals surface area contributed by atoms with E-state index in [1.807, 2.05) is 5.38 Å². The molecule has 4 nitrogen and oxygen atoms in total. The van der Waals surface area contributed by atoms with Crippen molar-refractivity contribution in [2.75, 3.05) is 7.11 Å². The van der Waals surface area contributed by atoms with Crippen LogP contribution in [0.3, 0.4) is 0 Å². The molecule has 0 spiro atoms. The molecule has 2 heterocycles. The summed E-state index contributed by atoms with van der Waals surface area (Å²) in [5, 5.41) is 12.9. The molecule has 0 saturated heterocycles. The molecule has 1 atom stereocenters. The Bertz CT molecular complexity index is 445. The van der Waals surface area contributed by atoms with Crippen molar-refractivity contribution in [2.45, 2.75) is 12.5 Å². The molecular weight excluding hydrogens is 224 g/mol. The van der Waals surface area contributed by atoms with E-state index in [9.17, 15) is 5.11 Å². The lowest BCUT2D eigenvalue weighted by atomic mass is 10.1. The van der Waals surface area contributed by atoms with Gasteiger partial charge in [-0.2, -0.15) is 0 Å². The molecule has 2 rings (SSSR count). The molecule has 2 aromatic heterocycles. The van der Waals surface area contributed by atoms with E-state index >= 15 is 0 Å². The fraction of sp³-hybridized carbons (Fsp3) is 0.273. The van der Waals surface area contributed by atoms with Crippen LogP contribution in [0, 0.1) is 0 Å². The van der Waals surface area contributed by atoms with Crippen LogP contribution in [0.2, 0.25) is 0 Å². The number of aromatic nitrogens is 2.